The van der Waals surface area contributed by atoms with Crippen molar-refractivity contribution in [3.05, 3.63) is 0 Å². The van der Waals surface area contributed by atoms with Gasteiger partial charge >= 0.3 is 105 Å². The first-order valence-electron chi connectivity index (χ1n) is 0.698. The smallest absolute Gasteiger partial charge is 1.00 e. The minimum atomic E-state index is -4.67. The van der Waals surface area contributed by atoms with E-state index in [1.165, 1.54) is 0 Å². The Morgan fingerprint density at radius 2 is 1.25 bits per heavy atom. The standard InChI is InChI=1S/Ba.FH.H2O4S.Sr.4H/c;;1-5(2,3)4;;;;;/h;1H;(H2,1,2,3,4);;;;;/q+2;;;+2;4*-1. The van der Waals surface area contributed by atoms with Crippen molar-refractivity contribution in [1.29, 1.82) is 0 Å². The van der Waals surface area contributed by atoms with Gasteiger partial charge in [-0.2, -0.15) is 8.42 Å². The summed E-state index contributed by atoms with van der Waals surface area (Å²) in [5.74, 6) is 0. The molecule has 0 fully saturated rings. The van der Waals surface area contributed by atoms with Crippen LogP contribution in [0.25, 0.3) is 0 Å². The average molecular weight is 347 g/mol. The van der Waals surface area contributed by atoms with Gasteiger partial charge in [-0.05, 0) is 0 Å². The molecule has 48 valence electrons. The molecule has 0 aliphatic rings. The Hall–Kier alpha value is 2.85. The van der Waals surface area contributed by atoms with Gasteiger partial charge in [0.05, 0.1) is 0 Å². The first kappa shape index (κ1) is 22.4. The van der Waals surface area contributed by atoms with Gasteiger partial charge in [0.25, 0.3) is 0 Å². The second-order valence-corrected chi connectivity index (χ2v) is 1.34. The quantitative estimate of drug-likeness (QED) is 0.444. The van der Waals surface area contributed by atoms with Gasteiger partial charge in [0.1, 0.15) is 0 Å². The zero-order valence-corrected chi connectivity index (χ0v) is 12.7. The molecule has 0 saturated heterocycles. The molecule has 0 aromatic carbocycles. The van der Waals surface area contributed by atoms with Crippen LogP contribution in [0.5, 0.6) is 0 Å². The Morgan fingerprint density at radius 1 is 1.25 bits per heavy atom. The van der Waals surface area contributed by atoms with E-state index in [1.54, 1.807) is 0 Å². The third-order valence-corrected chi connectivity index (χ3v) is 0. The van der Waals surface area contributed by atoms with E-state index in [1.807, 2.05) is 0 Å². The summed E-state index contributed by atoms with van der Waals surface area (Å²) in [6.45, 7) is 0. The van der Waals surface area contributed by atoms with Gasteiger partial charge in [0.2, 0.25) is 0 Å². The first-order valence-corrected chi connectivity index (χ1v) is 2.10. The van der Waals surface area contributed by atoms with Crippen LogP contribution in [0.15, 0.2) is 0 Å². The molecule has 8 heavy (non-hydrogen) atoms. The molecule has 0 aromatic rings. The molecule has 0 radical (unpaired) electrons. The predicted octanol–water partition coefficient (Wildman–Crippen LogP) is -0.812. The summed E-state index contributed by atoms with van der Waals surface area (Å²) in [5.41, 5.74) is 0. The zero-order valence-electron chi connectivity index (χ0n) is 7.94. The molecule has 0 heterocycles. The summed E-state index contributed by atoms with van der Waals surface area (Å²) in [7, 11) is -4.67. The average Bonchev–Trinajstić information content (AvgIpc) is 0.722. The maximum atomic E-state index is 8.74. The van der Waals surface area contributed by atoms with Gasteiger partial charge in [-0.1, -0.05) is 0 Å². The van der Waals surface area contributed by atoms with Crippen LogP contribution in [0.1, 0.15) is 5.71 Å². The number of hydrogen-bond donors (Lipinski definition) is 2. The summed E-state index contributed by atoms with van der Waals surface area (Å²) in [5, 5.41) is 0. The van der Waals surface area contributed by atoms with Gasteiger partial charge in [-0.15, -0.1) is 0 Å². The van der Waals surface area contributed by atoms with Crippen LogP contribution in [0.3, 0.4) is 0 Å². The van der Waals surface area contributed by atoms with Gasteiger partial charge in [-0.25, -0.2) is 0 Å². The van der Waals surface area contributed by atoms with Crippen molar-refractivity contribution < 1.29 is 27.9 Å². The van der Waals surface area contributed by atoms with Gasteiger partial charge < -0.3 is 5.71 Å². The van der Waals surface area contributed by atoms with Crippen LogP contribution in [0.2, 0.25) is 0 Å². The van der Waals surface area contributed by atoms with Crippen molar-refractivity contribution in [2.45, 2.75) is 0 Å². The topological polar surface area (TPSA) is 74.6 Å². The molecular weight excluding hydrogens is 340 g/mol. The van der Waals surface area contributed by atoms with Gasteiger partial charge in [0.15, 0.2) is 0 Å². The van der Waals surface area contributed by atoms with Crippen LogP contribution in [-0.2, 0) is 10.4 Å². The monoisotopic (exact) mass is 348 g/mol. The summed E-state index contributed by atoms with van der Waals surface area (Å²) in [6.07, 6.45) is 0. The zero-order chi connectivity index (χ0) is 4.50. The molecule has 4 nitrogen and oxygen atoms in total. The molecule has 0 amide bonds. The first-order chi connectivity index (χ1) is 2.00. The van der Waals surface area contributed by atoms with Crippen LogP contribution in [0.4, 0.5) is 4.70 Å². The van der Waals surface area contributed by atoms with Crippen LogP contribution in [-0.4, -0.2) is 112 Å². The second-order valence-electron chi connectivity index (χ2n) is 0.448. The minimum absolute atomic E-state index is 0. The molecule has 0 bridgehead atoms. The summed E-state index contributed by atoms with van der Waals surface area (Å²) in [6, 6.07) is 0. The van der Waals surface area contributed by atoms with E-state index in [2.05, 4.69) is 0 Å². The van der Waals surface area contributed by atoms with E-state index in [-0.39, 0.29) is 105 Å². The summed E-state index contributed by atoms with van der Waals surface area (Å²) < 4.78 is 31.6. The van der Waals surface area contributed by atoms with Crippen LogP contribution >= 0.6 is 0 Å². The van der Waals surface area contributed by atoms with Crippen LogP contribution < -0.4 is 0 Å². The number of rotatable bonds is 0. The fourth-order valence-electron chi connectivity index (χ4n) is 0. The van der Waals surface area contributed by atoms with Crippen molar-refractivity contribution in [1.82, 2.24) is 0 Å². The molecule has 0 atom stereocenters. The SMILES string of the molecule is F.O=S(=O)(O)O.[Ba+2].[H-].[H-].[H-].[H-].[Sr+2]. The minimum Gasteiger partial charge on any atom is -1.00 e. The Kier molecular flexibility index (Phi) is 27.6. The Labute approximate surface area is 130 Å². The molecule has 0 spiro atoms. The van der Waals surface area contributed by atoms with E-state index in [4.69, 9.17) is 17.5 Å². The molecule has 0 aliphatic carbocycles. The normalized spacial score (nSPS) is 7.25. The second kappa shape index (κ2) is 9.85. The summed E-state index contributed by atoms with van der Waals surface area (Å²) in [4.78, 5) is 0. The van der Waals surface area contributed by atoms with Crippen molar-refractivity contribution in [3.63, 3.8) is 0 Å². The van der Waals surface area contributed by atoms with E-state index in [0.29, 0.717) is 0 Å². The maximum absolute atomic E-state index is 8.74. The summed E-state index contributed by atoms with van der Waals surface area (Å²) >= 11 is 0. The Balaban J connectivity index is -0.00000000381. The van der Waals surface area contributed by atoms with E-state index < -0.39 is 10.4 Å². The fraction of sp³-hybridized carbons (Fsp3) is 0. The van der Waals surface area contributed by atoms with Crippen molar-refractivity contribution in [2.24, 2.45) is 0 Å². The third kappa shape index (κ3) is 67.1. The number of hydrogen-bond acceptors (Lipinski definition) is 2. The van der Waals surface area contributed by atoms with Crippen molar-refractivity contribution in [2.75, 3.05) is 0 Å². The largest absolute Gasteiger partial charge is 2.00 e. The molecule has 2 N–H and O–H groups in total. The molecular formula is H7BaFO4SSr. The van der Waals surface area contributed by atoms with E-state index in [0.717, 1.165) is 0 Å². The molecule has 0 aromatic heterocycles. The van der Waals surface area contributed by atoms with E-state index in [9.17, 15) is 0 Å². The van der Waals surface area contributed by atoms with Gasteiger partial charge in [-0.3, -0.25) is 13.8 Å². The third-order valence-electron chi connectivity index (χ3n) is 0. The Morgan fingerprint density at radius 3 is 1.25 bits per heavy atom. The molecule has 0 aliphatic heterocycles. The predicted molar refractivity (Wildman–Crippen MR) is 32.6 cm³/mol. The molecule has 0 unspecified atom stereocenters. The fourth-order valence-corrected chi connectivity index (χ4v) is 0. The maximum Gasteiger partial charge on any atom is 2.00 e. The van der Waals surface area contributed by atoms with Crippen molar-refractivity contribution >= 4 is 105 Å². The molecule has 0 saturated carbocycles. The van der Waals surface area contributed by atoms with E-state index >= 15 is 0 Å². The Bertz CT molecular complexity index is 110. The van der Waals surface area contributed by atoms with Crippen LogP contribution in [0, 0.1) is 0 Å². The van der Waals surface area contributed by atoms with Crippen molar-refractivity contribution in [3.8, 4) is 0 Å². The number of halogens is 1. The molecule has 8 heteroatoms. The van der Waals surface area contributed by atoms with Gasteiger partial charge in [0, 0.05) is 0 Å². The molecule has 0 rings (SSSR count).